The van der Waals surface area contributed by atoms with Gasteiger partial charge in [-0.3, -0.25) is 4.98 Å². The second-order valence-corrected chi connectivity index (χ2v) is 3.68. The molecule has 0 saturated carbocycles. The molecule has 0 radical (unpaired) electrons. The lowest BCUT2D eigenvalue weighted by Crippen LogP contribution is -2.22. The van der Waals surface area contributed by atoms with Crippen LogP contribution < -0.4 is 0 Å². The third-order valence-corrected chi connectivity index (χ3v) is 2.61. The lowest BCUT2D eigenvalue weighted by Gasteiger charge is -2.15. The normalized spacial score (nSPS) is 14.5. The summed E-state index contributed by atoms with van der Waals surface area (Å²) in [7, 11) is 0. The summed E-state index contributed by atoms with van der Waals surface area (Å²) in [5.74, 6) is -2.59. The molecule has 3 N–H and O–H groups in total. The van der Waals surface area contributed by atoms with Crippen molar-refractivity contribution in [2.75, 3.05) is 5.33 Å². The van der Waals surface area contributed by atoms with Crippen molar-refractivity contribution < 1.29 is 24.5 Å². The number of pyridine rings is 1. The van der Waals surface area contributed by atoms with Crippen molar-refractivity contribution >= 4 is 21.9 Å². The minimum Gasteiger partial charge on any atom is -0.478 e. The predicted molar refractivity (Wildman–Crippen MR) is 55.9 cm³/mol. The molecule has 5 nitrogen and oxygen atoms in total. The topological polar surface area (TPSA) is 90.7 Å². The number of aromatic carboxylic acids is 1. The van der Waals surface area contributed by atoms with Crippen LogP contribution in [-0.4, -0.2) is 37.7 Å². The van der Waals surface area contributed by atoms with Crippen LogP contribution in [0.2, 0.25) is 0 Å². The van der Waals surface area contributed by atoms with E-state index in [-0.39, 0.29) is 5.33 Å². The SMILES string of the molecule is O=C(O)c1ccnc(C(O)C(O)CBr)c1F. The molecule has 1 aromatic rings. The molecule has 0 bridgehead atoms. The highest BCUT2D eigenvalue weighted by Crippen LogP contribution is 2.21. The second kappa shape index (κ2) is 5.33. The van der Waals surface area contributed by atoms with Gasteiger partial charge in [-0.15, -0.1) is 0 Å². The first-order valence-electron chi connectivity index (χ1n) is 4.28. The number of carbonyl (C=O) groups is 1. The fraction of sp³-hybridized carbons (Fsp3) is 0.333. The first kappa shape index (κ1) is 13.0. The molecule has 0 saturated heterocycles. The van der Waals surface area contributed by atoms with E-state index in [1.165, 1.54) is 0 Å². The molecular weight excluding hydrogens is 285 g/mol. The molecule has 2 atom stereocenters. The number of halogens is 2. The molecule has 7 heteroatoms. The molecule has 1 heterocycles. The van der Waals surface area contributed by atoms with Crippen LogP contribution in [-0.2, 0) is 0 Å². The van der Waals surface area contributed by atoms with Gasteiger partial charge < -0.3 is 15.3 Å². The highest BCUT2D eigenvalue weighted by molar-refractivity contribution is 9.09. The van der Waals surface area contributed by atoms with Gasteiger partial charge in [-0.25, -0.2) is 9.18 Å². The van der Waals surface area contributed by atoms with Crippen LogP contribution in [0, 0.1) is 5.82 Å². The number of hydrogen-bond acceptors (Lipinski definition) is 4. The van der Waals surface area contributed by atoms with E-state index in [0.29, 0.717) is 0 Å². The summed E-state index contributed by atoms with van der Waals surface area (Å²) in [6.07, 6.45) is -1.77. The van der Waals surface area contributed by atoms with Gasteiger partial charge in [0, 0.05) is 11.5 Å². The molecule has 0 aliphatic heterocycles. The summed E-state index contributed by atoms with van der Waals surface area (Å²) in [5.41, 5.74) is -1.07. The lowest BCUT2D eigenvalue weighted by molar-refractivity contribution is 0.0287. The van der Waals surface area contributed by atoms with E-state index in [1.54, 1.807) is 0 Å². The maximum atomic E-state index is 13.5. The molecule has 2 unspecified atom stereocenters. The van der Waals surface area contributed by atoms with E-state index >= 15 is 0 Å². The van der Waals surface area contributed by atoms with Gasteiger partial charge in [0.25, 0.3) is 0 Å². The molecule has 0 aromatic carbocycles. The van der Waals surface area contributed by atoms with Crippen LogP contribution in [0.3, 0.4) is 0 Å². The average molecular weight is 294 g/mol. The zero-order chi connectivity index (χ0) is 12.3. The van der Waals surface area contributed by atoms with E-state index in [9.17, 15) is 19.4 Å². The van der Waals surface area contributed by atoms with Crippen molar-refractivity contribution in [1.82, 2.24) is 4.98 Å². The highest BCUT2D eigenvalue weighted by atomic mass is 79.9. The number of alkyl halides is 1. The molecule has 1 rings (SSSR count). The molecule has 0 aliphatic carbocycles. The van der Waals surface area contributed by atoms with Gasteiger partial charge in [0.1, 0.15) is 11.8 Å². The summed E-state index contributed by atoms with van der Waals surface area (Å²) in [6.45, 7) is 0. The van der Waals surface area contributed by atoms with Crippen molar-refractivity contribution in [2.24, 2.45) is 0 Å². The summed E-state index contributed by atoms with van der Waals surface area (Å²) < 4.78 is 13.5. The molecule has 1 aromatic heterocycles. The second-order valence-electron chi connectivity index (χ2n) is 3.03. The van der Waals surface area contributed by atoms with E-state index < -0.39 is 35.3 Å². The van der Waals surface area contributed by atoms with Crippen molar-refractivity contribution in [3.63, 3.8) is 0 Å². The third-order valence-electron chi connectivity index (χ3n) is 1.95. The minimum absolute atomic E-state index is 0.0204. The largest absolute Gasteiger partial charge is 0.478 e. The van der Waals surface area contributed by atoms with Crippen molar-refractivity contribution in [3.8, 4) is 0 Å². The number of rotatable bonds is 4. The van der Waals surface area contributed by atoms with Crippen molar-refractivity contribution in [2.45, 2.75) is 12.2 Å². The number of aliphatic hydroxyl groups is 2. The Morgan fingerprint density at radius 1 is 1.56 bits per heavy atom. The number of nitrogens with zero attached hydrogens (tertiary/aromatic N) is 1. The van der Waals surface area contributed by atoms with Crippen LogP contribution in [0.4, 0.5) is 4.39 Å². The molecule has 88 valence electrons. The monoisotopic (exact) mass is 293 g/mol. The standard InChI is InChI=1S/C9H9BrFNO4/c10-3-5(13)8(14)7-6(11)4(9(15)16)1-2-12-7/h1-2,5,8,13-14H,3H2,(H,15,16). The first-order valence-corrected chi connectivity index (χ1v) is 5.41. The van der Waals surface area contributed by atoms with Crippen molar-refractivity contribution in [1.29, 1.82) is 0 Å². The summed E-state index contributed by atoms with van der Waals surface area (Å²) >= 11 is 2.91. The van der Waals surface area contributed by atoms with Gasteiger partial charge in [0.2, 0.25) is 0 Å². The van der Waals surface area contributed by atoms with Crippen LogP contribution in [0.25, 0.3) is 0 Å². The van der Waals surface area contributed by atoms with Gasteiger partial charge in [0.05, 0.1) is 11.7 Å². The Bertz CT molecular complexity index is 401. The maximum Gasteiger partial charge on any atom is 0.338 e. The van der Waals surface area contributed by atoms with E-state index in [2.05, 4.69) is 20.9 Å². The van der Waals surface area contributed by atoms with E-state index in [4.69, 9.17) is 5.11 Å². The van der Waals surface area contributed by atoms with Crippen LogP contribution in [0.1, 0.15) is 22.2 Å². The van der Waals surface area contributed by atoms with Crippen LogP contribution in [0.5, 0.6) is 0 Å². The number of aliphatic hydroxyl groups excluding tert-OH is 2. The average Bonchev–Trinajstić information content (AvgIpc) is 2.27. The Labute approximate surface area is 98.7 Å². The fourth-order valence-electron chi connectivity index (χ4n) is 1.10. The number of carboxylic acid groups (broad SMARTS) is 1. The molecule has 0 spiro atoms. The van der Waals surface area contributed by atoms with Gasteiger partial charge >= 0.3 is 5.97 Å². The Balaban J connectivity index is 3.15. The summed E-state index contributed by atoms with van der Waals surface area (Å²) in [4.78, 5) is 14.1. The molecule has 0 aliphatic rings. The molecule has 16 heavy (non-hydrogen) atoms. The van der Waals surface area contributed by atoms with Gasteiger partial charge in [-0.05, 0) is 6.07 Å². The van der Waals surface area contributed by atoms with Gasteiger partial charge in [-0.2, -0.15) is 0 Å². The minimum atomic E-state index is -1.57. The quantitative estimate of drug-likeness (QED) is 0.711. The summed E-state index contributed by atoms with van der Waals surface area (Å²) in [6, 6.07) is 0.981. The zero-order valence-electron chi connectivity index (χ0n) is 7.97. The Kier molecular flexibility index (Phi) is 4.34. The van der Waals surface area contributed by atoms with Gasteiger partial charge in [0.15, 0.2) is 5.82 Å². The zero-order valence-corrected chi connectivity index (χ0v) is 9.56. The predicted octanol–water partition coefficient (Wildman–Crippen LogP) is 0.708. The Morgan fingerprint density at radius 2 is 2.19 bits per heavy atom. The van der Waals surface area contributed by atoms with Crippen LogP contribution >= 0.6 is 15.9 Å². The lowest BCUT2D eigenvalue weighted by atomic mass is 10.1. The maximum absolute atomic E-state index is 13.5. The third kappa shape index (κ3) is 2.55. The number of hydrogen-bond donors (Lipinski definition) is 3. The van der Waals surface area contributed by atoms with Crippen molar-refractivity contribution in [3.05, 3.63) is 29.3 Å². The smallest absolute Gasteiger partial charge is 0.338 e. The molecule has 0 amide bonds. The summed E-state index contributed by atoms with van der Waals surface area (Å²) in [5, 5.41) is 27.5. The van der Waals surface area contributed by atoms with Gasteiger partial charge in [-0.1, -0.05) is 15.9 Å². The first-order chi connectivity index (χ1) is 7.49. The Morgan fingerprint density at radius 3 is 2.69 bits per heavy atom. The van der Waals surface area contributed by atoms with E-state index in [0.717, 1.165) is 12.3 Å². The highest BCUT2D eigenvalue weighted by Gasteiger charge is 2.25. The van der Waals surface area contributed by atoms with Crippen LogP contribution in [0.15, 0.2) is 12.3 Å². The molecular formula is C9H9BrFNO4. The number of carboxylic acids is 1. The number of aromatic nitrogens is 1. The molecule has 0 fully saturated rings. The Hall–Kier alpha value is -1.05. The fourth-order valence-corrected chi connectivity index (χ4v) is 1.45. The van der Waals surface area contributed by atoms with E-state index in [1.807, 2.05) is 0 Å².